The zero-order chi connectivity index (χ0) is 15.9. The van der Waals surface area contributed by atoms with Crippen LogP contribution in [-0.4, -0.2) is 33.5 Å². The Labute approximate surface area is 140 Å². The Morgan fingerprint density at radius 2 is 2.05 bits per heavy atom. The topological polar surface area (TPSA) is 58.2 Å². The lowest BCUT2D eigenvalue weighted by atomic mass is 10.1. The number of thioether (sulfide) groups is 1. The van der Waals surface area contributed by atoms with Crippen LogP contribution >= 0.6 is 27.7 Å². The van der Waals surface area contributed by atoms with Gasteiger partial charge in [-0.3, -0.25) is 0 Å². The molecule has 0 aliphatic carbocycles. The molecule has 0 aliphatic rings. The number of nitrogens with one attached hydrogen (secondary N) is 2. The molecule has 0 aliphatic heterocycles. The van der Waals surface area contributed by atoms with E-state index < -0.39 is 10.0 Å². The van der Waals surface area contributed by atoms with E-state index in [0.29, 0.717) is 18.0 Å². The minimum absolute atomic E-state index is 0.355. The summed E-state index contributed by atoms with van der Waals surface area (Å²) in [5.41, 5.74) is 1.70. The van der Waals surface area contributed by atoms with Crippen LogP contribution in [0.5, 0.6) is 0 Å². The third kappa shape index (κ3) is 5.90. The smallest absolute Gasteiger partial charge is 0.240 e. The molecule has 0 atom stereocenters. The summed E-state index contributed by atoms with van der Waals surface area (Å²) in [6.45, 7) is 5.81. The van der Waals surface area contributed by atoms with Crippen molar-refractivity contribution in [1.29, 1.82) is 0 Å². The van der Waals surface area contributed by atoms with Crippen LogP contribution in [-0.2, 0) is 16.6 Å². The van der Waals surface area contributed by atoms with E-state index >= 15 is 0 Å². The second-order valence-corrected chi connectivity index (χ2v) is 8.30. The fourth-order valence-corrected chi connectivity index (χ4v) is 4.32. The summed E-state index contributed by atoms with van der Waals surface area (Å²) in [7, 11) is -3.46. The van der Waals surface area contributed by atoms with Gasteiger partial charge < -0.3 is 5.32 Å². The van der Waals surface area contributed by atoms with Crippen molar-refractivity contribution in [3.63, 3.8) is 0 Å². The molecule has 21 heavy (non-hydrogen) atoms. The van der Waals surface area contributed by atoms with Crippen molar-refractivity contribution in [2.75, 3.05) is 25.1 Å². The first-order valence-corrected chi connectivity index (χ1v) is 10.6. The zero-order valence-corrected chi connectivity index (χ0v) is 15.9. The molecule has 0 radical (unpaired) electrons. The normalized spacial score (nSPS) is 11.8. The average Bonchev–Trinajstić information content (AvgIpc) is 2.44. The molecule has 0 saturated heterocycles. The number of hydrogen-bond acceptors (Lipinski definition) is 4. The number of rotatable bonds is 9. The molecule has 1 aromatic carbocycles. The molecule has 0 saturated carbocycles. The molecule has 0 heterocycles. The van der Waals surface area contributed by atoms with Crippen LogP contribution in [0, 0.1) is 6.92 Å². The maximum absolute atomic E-state index is 12.4. The first-order valence-electron chi connectivity index (χ1n) is 6.90. The van der Waals surface area contributed by atoms with E-state index in [2.05, 4.69) is 26.0 Å². The van der Waals surface area contributed by atoms with Gasteiger partial charge in [0.2, 0.25) is 10.0 Å². The summed E-state index contributed by atoms with van der Waals surface area (Å²) in [6.07, 6.45) is 2.84. The van der Waals surface area contributed by atoms with Gasteiger partial charge in [0.25, 0.3) is 0 Å². The van der Waals surface area contributed by atoms with Gasteiger partial charge in [0.05, 0.1) is 4.90 Å². The van der Waals surface area contributed by atoms with Crippen LogP contribution in [0.15, 0.2) is 21.5 Å². The maximum Gasteiger partial charge on any atom is 0.240 e. The Morgan fingerprint density at radius 3 is 2.67 bits per heavy atom. The average molecular weight is 395 g/mol. The molecule has 0 unspecified atom stereocenters. The molecular formula is C14H23BrN2O2S2. The molecule has 7 heteroatoms. The van der Waals surface area contributed by atoms with Crippen molar-refractivity contribution < 1.29 is 8.42 Å². The lowest BCUT2D eigenvalue weighted by Crippen LogP contribution is -2.26. The van der Waals surface area contributed by atoms with E-state index in [1.54, 1.807) is 17.8 Å². The van der Waals surface area contributed by atoms with Crippen LogP contribution in [0.25, 0.3) is 0 Å². The maximum atomic E-state index is 12.4. The van der Waals surface area contributed by atoms with Crippen molar-refractivity contribution in [2.24, 2.45) is 0 Å². The third-order valence-electron chi connectivity index (χ3n) is 3.04. The van der Waals surface area contributed by atoms with Gasteiger partial charge >= 0.3 is 0 Å². The van der Waals surface area contributed by atoms with Crippen LogP contribution in [0.4, 0.5) is 0 Å². The summed E-state index contributed by atoms with van der Waals surface area (Å²) >= 11 is 5.17. The standard InChI is InChI=1S/C14H23BrN2O2S2/c1-4-16-10-12-8-13(15)11(2)14(9-12)21(18,19)17-6-5-7-20-3/h8-9,16-17H,4-7,10H2,1-3H3. The van der Waals surface area contributed by atoms with Gasteiger partial charge in [0.15, 0.2) is 0 Å². The highest BCUT2D eigenvalue weighted by atomic mass is 79.9. The highest BCUT2D eigenvalue weighted by Crippen LogP contribution is 2.25. The first-order chi connectivity index (χ1) is 9.92. The van der Waals surface area contributed by atoms with E-state index in [9.17, 15) is 8.42 Å². The van der Waals surface area contributed by atoms with Crippen molar-refractivity contribution in [3.8, 4) is 0 Å². The Hall–Kier alpha value is -0.0800. The minimum Gasteiger partial charge on any atom is -0.313 e. The number of hydrogen-bond donors (Lipinski definition) is 2. The lowest BCUT2D eigenvalue weighted by molar-refractivity contribution is 0.580. The Balaban J connectivity index is 2.95. The van der Waals surface area contributed by atoms with E-state index in [-0.39, 0.29) is 0 Å². The molecule has 2 N–H and O–H groups in total. The summed E-state index contributed by atoms with van der Waals surface area (Å²) in [5.74, 6) is 0.950. The predicted molar refractivity (Wildman–Crippen MR) is 94.4 cm³/mol. The number of benzene rings is 1. The summed E-state index contributed by atoms with van der Waals surface area (Å²) in [6, 6.07) is 3.71. The summed E-state index contributed by atoms with van der Waals surface area (Å²) in [5, 5.41) is 3.21. The minimum atomic E-state index is -3.46. The van der Waals surface area contributed by atoms with Crippen molar-refractivity contribution in [1.82, 2.24) is 10.0 Å². The number of sulfonamides is 1. The second kappa shape index (κ2) is 9.15. The Morgan fingerprint density at radius 1 is 1.33 bits per heavy atom. The van der Waals surface area contributed by atoms with E-state index in [1.165, 1.54) is 0 Å². The fourth-order valence-electron chi connectivity index (χ4n) is 1.86. The van der Waals surface area contributed by atoms with Gasteiger partial charge in [-0.2, -0.15) is 11.8 Å². The molecule has 0 aromatic heterocycles. The molecule has 4 nitrogen and oxygen atoms in total. The van der Waals surface area contributed by atoms with Crippen LogP contribution in [0.2, 0.25) is 0 Å². The SMILES string of the molecule is CCNCc1cc(Br)c(C)c(S(=O)(=O)NCCCSC)c1. The van der Waals surface area contributed by atoms with E-state index in [0.717, 1.165) is 34.3 Å². The fraction of sp³-hybridized carbons (Fsp3) is 0.571. The van der Waals surface area contributed by atoms with Gasteiger partial charge in [-0.1, -0.05) is 22.9 Å². The molecule has 120 valence electrons. The third-order valence-corrected chi connectivity index (χ3v) is 6.15. The van der Waals surface area contributed by atoms with E-state index in [4.69, 9.17) is 0 Å². The van der Waals surface area contributed by atoms with Gasteiger partial charge in [-0.25, -0.2) is 13.1 Å². The summed E-state index contributed by atoms with van der Waals surface area (Å²) in [4.78, 5) is 0.355. The quantitative estimate of drug-likeness (QED) is 0.632. The van der Waals surface area contributed by atoms with Gasteiger partial charge in [0, 0.05) is 17.6 Å². The predicted octanol–water partition coefficient (Wildman–Crippen LogP) is 2.90. The second-order valence-electron chi connectivity index (χ2n) is 4.73. The first kappa shape index (κ1) is 19.0. The lowest BCUT2D eigenvalue weighted by Gasteiger charge is -2.13. The van der Waals surface area contributed by atoms with Gasteiger partial charge in [0.1, 0.15) is 0 Å². The highest BCUT2D eigenvalue weighted by Gasteiger charge is 2.18. The van der Waals surface area contributed by atoms with Crippen LogP contribution in [0.3, 0.4) is 0 Å². The summed E-state index contributed by atoms with van der Waals surface area (Å²) < 4.78 is 28.4. The molecule has 1 rings (SSSR count). The molecule has 0 spiro atoms. The molecule has 0 bridgehead atoms. The van der Waals surface area contributed by atoms with E-state index in [1.807, 2.05) is 26.2 Å². The van der Waals surface area contributed by atoms with Crippen LogP contribution < -0.4 is 10.0 Å². The zero-order valence-electron chi connectivity index (χ0n) is 12.7. The Bertz CT molecular complexity index is 562. The highest BCUT2D eigenvalue weighted by molar-refractivity contribution is 9.10. The molecule has 0 fully saturated rings. The van der Waals surface area contributed by atoms with Gasteiger partial charge in [-0.05, 0) is 55.2 Å². The van der Waals surface area contributed by atoms with Crippen molar-refractivity contribution in [2.45, 2.75) is 31.7 Å². The monoisotopic (exact) mass is 394 g/mol. The Kier molecular flexibility index (Phi) is 8.26. The largest absolute Gasteiger partial charge is 0.313 e. The molecule has 1 aromatic rings. The van der Waals surface area contributed by atoms with Crippen LogP contribution in [0.1, 0.15) is 24.5 Å². The molecular weight excluding hydrogens is 372 g/mol. The van der Waals surface area contributed by atoms with Crippen molar-refractivity contribution >= 4 is 37.7 Å². The van der Waals surface area contributed by atoms with Crippen molar-refractivity contribution in [3.05, 3.63) is 27.7 Å². The molecule has 0 amide bonds. The number of halogens is 1. The van der Waals surface area contributed by atoms with Gasteiger partial charge in [-0.15, -0.1) is 0 Å².